The Bertz CT molecular complexity index is 174. The standard InChI is InChI=1S/C12H23BrO3/c1-2-3-4-5-6-7-8-16-12(15)9-11(14)10-13/h11,14H,2-10H2,1H3. The van der Waals surface area contributed by atoms with Gasteiger partial charge >= 0.3 is 5.97 Å². The number of hydrogen-bond acceptors (Lipinski definition) is 3. The van der Waals surface area contributed by atoms with Crippen LogP contribution in [0.3, 0.4) is 0 Å². The van der Waals surface area contributed by atoms with Gasteiger partial charge in [0, 0.05) is 5.33 Å². The second-order valence-corrected chi connectivity index (χ2v) is 4.65. The lowest BCUT2D eigenvalue weighted by atomic mass is 10.1. The summed E-state index contributed by atoms with van der Waals surface area (Å²) in [6.45, 7) is 2.68. The van der Waals surface area contributed by atoms with Crippen LogP contribution in [0.1, 0.15) is 51.9 Å². The number of halogens is 1. The van der Waals surface area contributed by atoms with Crippen molar-refractivity contribution >= 4 is 21.9 Å². The minimum absolute atomic E-state index is 0.0844. The number of rotatable bonds is 10. The van der Waals surface area contributed by atoms with E-state index in [0.29, 0.717) is 11.9 Å². The maximum atomic E-state index is 11.1. The maximum absolute atomic E-state index is 11.1. The summed E-state index contributed by atoms with van der Waals surface area (Å²) in [5, 5.41) is 9.60. The van der Waals surface area contributed by atoms with Gasteiger partial charge in [-0.25, -0.2) is 0 Å². The molecule has 3 nitrogen and oxygen atoms in total. The Kier molecular flexibility index (Phi) is 11.3. The van der Waals surface area contributed by atoms with Gasteiger partial charge in [0.1, 0.15) is 0 Å². The van der Waals surface area contributed by atoms with Crippen molar-refractivity contribution in [1.29, 1.82) is 0 Å². The molecule has 0 fully saturated rings. The van der Waals surface area contributed by atoms with Gasteiger partial charge in [0.2, 0.25) is 0 Å². The molecule has 0 spiro atoms. The second kappa shape index (κ2) is 11.4. The van der Waals surface area contributed by atoms with Gasteiger partial charge in [0.15, 0.2) is 0 Å². The molecule has 0 saturated carbocycles. The van der Waals surface area contributed by atoms with Gasteiger partial charge in [-0.1, -0.05) is 55.0 Å². The number of alkyl halides is 1. The lowest BCUT2D eigenvalue weighted by Gasteiger charge is -2.07. The van der Waals surface area contributed by atoms with Crippen LogP contribution in [-0.2, 0) is 9.53 Å². The first kappa shape index (κ1) is 15.9. The first-order valence-corrected chi connectivity index (χ1v) is 7.22. The third-order valence-electron chi connectivity index (χ3n) is 2.34. The van der Waals surface area contributed by atoms with E-state index in [4.69, 9.17) is 4.74 Å². The molecule has 96 valence electrons. The molecule has 0 aromatic carbocycles. The fraction of sp³-hybridized carbons (Fsp3) is 0.917. The van der Waals surface area contributed by atoms with Crippen LogP contribution >= 0.6 is 15.9 Å². The number of aliphatic hydroxyl groups excluding tert-OH is 1. The smallest absolute Gasteiger partial charge is 0.308 e. The number of hydrogen-bond donors (Lipinski definition) is 1. The Hall–Kier alpha value is -0.0900. The van der Waals surface area contributed by atoms with Crippen molar-refractivity contribution in [2.24, 2.45) is 0 Å². The predicted molar refractivity (Wildman–Crippen MR) is 68.8 cm³/mol. The second-order valence-electron chi connectivity index (χ2n) is 4.00. The Morgan fingerprint density at radius 1 is 1.25 bits per heavy atom. The van der Waals surface area contributed by atoms with Crippen molar-refractivity contribution in [3.05, 3.63) is 0 Å². The van der Waals surface area contributed by atoms with E-state index in [1.807, 2.05) is 0 Å². The summed E-state index contributed by atoms with van der Waals surface area (Å²) in [7, 11) is 0. The first-order valence-electron chi connectivity index (χ1n) is 6.10. The highest BCUT2D eigenvalue weighted by Crippen LogP contribution is 2.05. The summed E-state index contributed by atoms with van der Waals surface area (Å²) in [6, 6.07) is 0. The van der Waals surface area contributed by atoms with Crippen LogP contribution in [0.25, 0.3) is 0 Å². The third-order valence-corrected chi connectivity index (χ3v) is 3.09. The summed E-state index contributed by atoms with van der Waals surface area (Å²) in [5.41, 5.74) is 0. The highest BCUT2D eigenvalue weighted by Gasteiger charge is 2.09. The van der Waals surface area contributed by atoms with Crippen LogP contribution in [-0.4, -0.2) is 29.1 Å². The van der Waals surface area contributed by atoms with Crippen LogP contribution in [0.2, 0.25) is 0 Å². The molecule has 4 heteroatoms. The lowest BCUT2D eigenvalue weighted by molar-refractivity contribution is -0.145. The molecular formula is C12H23BrO3. The van der Waals surface area contributed by atoms with Crippen LogP contribution in [0, 0.1) is 0 Å². The molecule has 0 rings (SSSR count). The molecule has 16 heavy (non-hydrogen) atoms. The molecule has 0 aliphatic heterocycles. The zero-order chi connectivity index (χ0) is 12.2. The van der Waals surface area contributed by atoms with Crippen molar-refractivity contribution in [3.8, 4) is 0 Å². The van der Waals surface area contributed by atoms with E-state index in [0.717, 1.165) is 12.8 Å². The van der Waals surface area contributed by atoms with Gasteiger partial charge < -0.3 is 9.84 Å². The Morgan fingerprint density at radius 3 is 2.50 bits per heavy atom. The van der Waals surface area contributed by atoms with E-state index in [9.17, 15) is 9.90 Å². The largest absolute Gasteiger partial charge is 0.466 e. The lowest BCUT2D eigenvalue weighted by Crippen LogP contribution is -2.17. The van der Waals surface area contributed by atoms with Crippen molar-refractivity contribution in [1.82, 2.24) is 0 Å². The predicted octanol–water partition coefficient (Wildman–Crippen LogP) is 3.04. The zero-order valence-electron chi connectivity index (χ0n) is 10.1. The first-order chi connectivity index (χ1) is 7.70. The third kappa shape index (κ3) is 10.4. The van der Waals surface area contributed by atoms with Gasteiger partial charge in [0.05, 0.1) is 19.1 Å². The number of carbonyl (C=O) groups excluding carboxylic acids is 1. The monoisotopic (exact) mass is 294 g/mol. The molecule has 0 aliphatic carbocycles. The van der Waals surface area contributed by atoms with Crippen molar-refractivity contribution in [2.75, 3.05) is 11.9 Å². The van der Waals surface area contributed by atoms with Gasteiger partial charge in [-0.2, -0.15) is 0 Å². The molecule has 1 unspecified atom stereocenters. The van der Waals surface area contributed by atoms with Gasteiger partial charge in [0.25, 0.3) is 0 Å². The number of carbonyl (C=O) groups is 1. The summed E-state index contributed by atoms with van der Waals surface area (Å²) < 4.78 is 5.00. The highest BCUT2D eigenvalue weighted by atomic mass is 79.9. The Morgan fingerprint density at radius 2 is 1.88 bits per heavy atom. The Labute approximate surface area is 107 Å². The summed E-state index contributed by atoms with van der Waals surface area (Å²) in [6.07, 6.45) is 6.53. The number of aliphatic hydroxyl groups is 1. The van der Waals surface area contributed by atoms with E-state index in [2.05, 4.69) is 22.9 Å². The average molecular weight is 295 g/mol. The highest BCUT2D eigenvalue weighted by molar-refractivity contribution is 9.09. The van der Waals surface area contributed by atoms with Crippen LogP contribution in [0.15, 0.2) is 0 Å². The molecular weight excluding hydrogens is 272 g/mol. The summed E-state index contributed by atoms with van der Waals surface area (Å²) in [4.78, 5) is 11.1. The van der Waals surface area contributed by atoms with E-state index < -0.39 is 6.10 Å². The fourth-order valence-corrected chi connectivity index (χ4v) is 1.60. The molecule has 1 N–H and O–H groups in total. The number of esters is 1. The van der Waals surface area contributed by atoms with E-state index >= 15 is 0 Å². The molecule has 1 atom stereocenters. The molecule has 0 aliphatic rings. The molecule has 0 heterocycles. The fourth-order valence-electron chi connectivity index (χ4n) is 1.37. The molecule has 0 bridgehead atoms. The maximum Gasteiger partial charge on any atom is 0.308 e. The molecule has 0 aromatic rings. The molecule has 0 amide bonds. The summed E-state index contributed by atoms with van der Waals surface area (Å²) >= 11 is 3.10. The number of unbranched alkanes of at least 4 members (excludes halogenated alkanes) is 5. The van der Waals surface area contributed by atoms with Crippen LogP contribution in [0.5, 0.6) is 0 Å². The van der Waals surface area contributed by atoms with Gasteiger partial charge in [-0.15, -0.1) is 0 Å². The van der Waals surface area contributed by atoms with E-state index in [1.165, 1.54) is 25.7 Å². The van der Waals surface area contributed by atoms with Crippen molar-refractivity contribution in [2.45, 2.75) is 58.0 Å². The van der Waals surface area contributed by atoms with Gasteiger partial charge in [-0.3, -0.25) is 4.79 Å². The zero-order valence-corrected chi connectivity index (χ0v) is 11.7. The van der Waals surface area contributed by atoms with Crippen molar-refractivity contribution < 1.29 is 14.6 Å². The summed E-state index contributed by atoms with van der Waals surface area (Å²) in [5.74, 6) is -0.305. The van der Waals surface area contributed by atoms with Crippen LogP contribution in [0.4, 0.5) is 0 Å². The van der Waals surface area contributed by atoms with Crippen molar-refractivity contribution in [3.63, 3.8) is 0 Å². The number of ether oxygens (including phenoxy) is 1. The van der Waals surface area contributed by atoms with Crippen LogP contribution < -0.4 is 0 Å². The molecule has 0 saturated heterocycles. The minimum atomic E-state index is -0.628. The Balaban J connectivity index is 3.21. The quantitative estimate of drug-likeness (QED) is 0.383. The topological polar surface area (TPSA) is 46.5 Å². The molecule has 0 radical (unpaired) electrons. The van der Waals surface area contributed by atoms with E-state index in [1.54, 1.807) is 0 Å². The molecule has 0 aromatic heterocycles. The average Bonchev–Trinajstić information content (AvgIpc) is 2.27. The van der Waals surface area contributed by atoms with Gasteiger partial charge in [-0.05, 0) is 6.42 Å². The minimum Gasteiger partial charge on any atom is -0.466 e. The normalized spacial score (nSPS) is 12.4. The van der Waals surface area contributed by atoms with E-state index in [-0.39, 0.29) is 12.4 Å². The SMILES string of the molecule is CCCCCCCCOC(=O)CC(O)CBr.